The van der Waals surface area contributed by atoms with E-state index in [2.05, 4.69) is 31.2 Å². The molecular weight excluding hydrogens is 375 g/mol. The summed E-state index contributed by atoms with van der Waals surface area (Å²) in [6.07, 6.45) is 5.13. The third kappa shape index (κ3) is 2.50. The fourth-order valence-electron chi connectivity index (χ4n) is 2.94. The number of pyridine rings is 1. The molecule has 24 heavy (non-hydrogen) atoms. The lowest BCUT2D eigenvalue weighted by molar-refractivity contribution is -0.116. The molecule has 1 unspecified atom stereocenters. The lowest BCUT2D eigenvalue weighted by atomic mass is 9.89. The molecule has 0 fully saturated rings. The Balaban J connectivity index is 1.86. The number of nitrogens with zero attached hydrogens (tertiary/aromatic N) is 3. The van der Waals surface area contributed by atoms with Crippen LogP contribution in [0.4, 0.5) is 10.2 Å². The van der Waals surface area contributed by atoms with Crippen molar-refractivity contribution in [3.63, 3.8) is 0 Å². The maximum Gasteiger partial charge on any atom is 0.226 e. The molecule has 5 nitrogen and oxygen atoms in total. The first-order chi connectivity index (χ1) is 11.6. The van der Waals surface area contributed by atoms with Crippen LogP contribution < -0.4 is 5.32 Å². The van der Waals surface area contributed by atoms with Crippen LogP contribution in [0.5, 0.6) is 0 Å². The normalized spacial score (nSPS) is 16.6. The third-order valence-corrected chi connectivity index (χ3v) is 4.52. The number of aromatic nitrogens is 3. The lowest BCUT2D eigenvalue weighted by Gasteiger charge is -2.23. The van der Waals surface area contributed by atoms with Crippen LogP contribution in [0.25, 0.3) is 5.69 Å². The molecule has 1 atom stereocenters. The molecule has 120 valence electrons. The average molecular weight is 387 g/mol. The molecule has 1 aromatic carbocycles. The number of rotatable bonds is 2. The number of carbonyl (C=O) groups excluding carboxylic acids is 1. The highest BCUT2D eigenvalue weighted by atomic mass is 79.9. The van der Waals surface area contributed by atoms with Gasteiger partial charge in [0.15, 0.2) is 0 Å². The van der Waals surface area contributed by atoms with Gasteiger partial charge < -0.3 is 5.32 Å². The van der Waals surface area contributed by atoms with Gasteiger partial charge in [0.25, 0.3) is 0 Å². The Bertz CT molecular complexity index is 926. The van der Waals surface area contributed by atoms with Crippen LogP contribution in [-0.2, 0) is 4.79 Å². The maximum absolute atomic E-state index is 14.3. The van der Waals surface area contributed by atoms with Crippen LogP contribution in [0.2, 0.25) is 0 Å². The number of halogens is 2. The van der Waals surface area contributed by atoms with Gasteiger partial charge in [0, 0.05) is 23.0 Å². The molecular formula is C17H12BrFN4O. The molecule has 1 aliphatic rings. The number of carbonyl (C=O) groups is 1. The number of anilines is 1. The van der Waals surface area contributed by atoms with Crippen LogP contribution in [0.1, 0.15) is 23.6 Å². The molecule has 0 bridgehead atoms. The van der Waals surface area contributed by atoms with Crippen molar-refractivity contribution < 1.29 is 9.18 Å². The van der Waals surface area contributed by atoms with E-state index >= 15 is 0 Å². The second kappa shape index (κ2) is 5.83. The van der Waals surface area contributed by atoms with Gasteiger partial charge in [0.05, 0.1) is 17.6 Å². The molecule has 3 heterocycles. The minimum atomic E-state index is -0.427. The van der Waals surface area contributed by atoms with Crippen molar-refractivity contribution in [2.45, 2.75) is 12.3 Å². The zero-order chi connectivity index (χ0) is 16.7. The molecule has 4 rings (SSSR count). The fourth-order valence-corrected chi connectivity index (χ4v) is 3.32. The fraction of sp³-hybridized carbons (Fsp3) is 0.118. The van der Waals surface area contributed by atoms with Gasteiger partial charge in [-0.2, -0.15) is 0 Å². The first kappa shape index (κ1) is 15.0. The smallest absolute Gasteiger partial charge is 0.226 e. The van der Waals surface area contributed by atoms with Gasteiger partial charge >= 0.3 is 0 Å². The van der Waals surface area contributed by atoms with Gasteiger partial charge in [-0.05, 0) is 35.9 Å². The van der Waals surface area contributed by atoms with Gasteiger partial charge in [-0.3, -0.25) is 14.3 Å². The van der Waals surface area contributed by atoms with Gasteiger partial charge in [-0.25, -0.2) is 9.37 Å². The van der Waals surface area contributed by atoms with Gasteiger partial charge in [-0.15, -0.1) is 0 Å². The summed E-state index contributed by atoms with van der Waals surface area (Å²) in [7, 11) is 0. The Labute approximate surface area is 145 Å². The number of fused-ring (bicyclic) bond motifs is 1. The summed E-state index contributed by atoms with van der Waals surface area (Å²) in [5.41, 5.74) is 1.88. The highest BCUT2D eigenvalue weighted by Gasteiger charge is 2.32. The topological polar surface area (TPSA) is 59.8 Å². The minimum absolute atomic E-state index is 0.157. The minimum Gasteiger partial charge on any atom is -0.310 e. The molecule has 1 amide bonds. The summed E-state index contributed by atoms with van der Waals surface area (Å²) in [6, 6.07) is 8.40. The highest BCUT2D eigenvalue weighted by molar-refractivity contribution is 9.10. The number of imidazole rings is 1. The summed E-state index contributed by atoms with van der Waals surface area (Å²) in [5.74, 6) is -0.384. The average Bonchev–Trinajstić information content (AvgIpc) is 3.01. The van der Waals surface area contributed by atoms with Gasteiger partial charge in [0.1, 0.15) is 18.0 Å². The molecule has 1 N–H and O–H groups in total. The van der Waals surface area contributed by atoms with Crippen molar-refractivity contribution in [1.82, 2.24) is 14.5 Å². The Kier molecular flexibility index (Phi) is 3.65. The number of benzene rings is 1. The van der Waals surface area contributed by atoms with Crippen molar-refractivity contribution >= 4 is 27.7 Å². The van der Waals surface area contributed by atoms with Crippen molar-refractivity contribution in [3.8, 4) is 5.69 Å². The zero-order valence-electron chi connectivity index (χ0n) is 12.4. The number of hydrogen-bond acceptors (Lipinski definition) is 3. The van der Waals surface area contributed by atoms with Crippen molar-refractivity contribution in [3.05, 3.63) is 70.6 Å². The summed E-state index contributed by atoms with van der Waals surface area (Å²) in [6.45, 7) is 0. The van der Waals surface area contributed by atoms with Gasteiger partial charge in [0.2, 0.25) is 5.91 Å². The van der Waals surface area contributed by atoms with Gasteiger partial charge in [-0.1, -0.05) is 15.9 Å². The first-order valence-corrected chi connectivity index (χ1v) is 8.15. The lowest BCUT2D eigenvalue weighted by Crippen LogP contribution is -2.25. The Hall–Kier alpha value is -2.54. The quantitative estimate of drug-likeness (QED) is 0.731. The molecule has 7 heteroatoms. The largest absolute Gasteiger partial charge is 0.310 e. The van der Waals surface area contributed by atoms with E-state index in [1.54, 1.807) is 41.5 Å². The molecule has 2 aromatic heterocycles. The van der Waals surface area contributed by atoms with Crippen LogP contribution >= 0.6 is 15.9 Å². The Morgan fingerprint density at radius 3 is 3.00 bits per heavy atom. The molecule has 0 saturated carbocycles. The second-order valence-corrected chi connectivity index (χ2v) is 6.45. The monoisotopic (exact) mass is 386 g/mol. The highest BCUT2D eigenvalue weighted by Crippen LogP contribution is 2.38. The van der Waals surface area contributed by atoms with E-state index in [-0.39, 0.29) is 18.1 Å². The van der Waals surface area contributed by atoms with E-state index in [9.17, 15) is 9.18 Å². The molecule has 0 spiro atoms. The molecule has 0 radical (unpaired) electrons. The predicted octanol–water partition coefficient (Wildman–Crippen LogP) is 3.64. The Morgan fingerprint density at radius 1 is 1.33 bits per heavy atom. The maximum atomic E-state index is 14.3. The van der Waals surface area contributed by atoms with Crippen LogP contribution in [-0.4, -0.2) is 20.4 Å². The molecule has 1 aliphatic heterocycles. The van der Waals surface area contributed by atoms with Crippen LogP contribution in [0.15, 0.2) is 53.5 Å². The summed E-state index contributed by atoms with van der Waals surface area (Å²) in [5, 5.41) is 2.84. The predicted molar refractivity (Wildman–Crippen MR) is 90.5 cm³/mol. The first-order valence-electron chi connectivity index (χ1n) is 7.36. The number of nitrogens with one attached hydrogen (secondary N) is 1. The molecule has 0 aliphatic carbocycles. The van der Waals surface area contributed by atoms with Crippen LogP contribution in [0.3, 0.4) is 0 Å². The SMILES string of the molecule is O=C1CC(c2cc(Br)ccc2F)c2ncn(-c3cccnc3)c2N1. The summed E-state index contributed by atoms with van der Waals surface area (Å²) in [4.78, 5) is 20.7. The van der Waals surface area contributed by atoms with Crippen molar-refractivity contribution in [2.75, 3.05) is 5.32 Å². The third-order valence-electron chi connectivity index (χ3n) is 4.03. The molecule has 0 saturated heterocycles. The second-order valence-electron chi connectivity index (χ2n) is 5.53. The van der Waals surface area contributed by atoms with E-state index < -0.39 is 5.92 Å². The van der Waals surface area contributed by atoms with E-state index in [4.69, 9.17) is 0 Å². The summed E-state index contributed by atoms with van der Waals surface area (Å²) >= 11 is 3.36. The van der Waals surface area contributed by atoms with Crippen LogP contribution in [0, 0.1) is 5.82 Å². The number of hydrogen-bond donors (Lipinski definition) is 1. The van der Waals surface area contributed by atoms with E-state index in [0.29, 0.717) is 17.1 Å². The summed E-state index contributed by atoms with van der Waals surface area (Å²) < 4.78 is 16.8. The van der Waals surface area contributed by atoms with E-state index in [1.807, 2.05) is 6.07 Å². The van der Waals surface area contributed by atoms with Crippen molar-refractivity contribution in [1.29, 1.82) is 0 Å². The van der Waals surface area contributed by atoms with E-state index in [1.165, 1.54) is 6.07 Å². The standard InChI is InChI=1S/C17H12BrFN4O/c18-10-3-4-14(19)12(6-10)13-7-15(24)22-17-16(13)21-9-23(17)11-2-1-5-20-8-11/h1-6,8-9,13H,7H2,(H,22,24). The Morgan fingerprint density at radius 2 is 2.21 bits per heavy atom. The van der Waals surface area contributed by atoms with E-state index in [0.717, 1.165) is 10.2 Å². The number of amides is 1. The molecule has 3 aromatic rings. The van der Waals surface area contributed by atoms with Crippen molar-refractivity contribution in [2.24, 2.45) is 0 Å². The zero-order valence-corrected chi connectivity index (χ0v) is 14.0.